The van der Waals surface area contributed by atoms with Crippen molar-refractivity contribution in [2.24, 2.45) is 16.3 Å². The molecule has 1 fully saturated rings. The minimum Gasteiger partial charge on any atom is -0.375 e. The van der Waals surface area contributed by atoms with Gasteiger partial charge in [0.25, 0.3) is 0 Å². The van der Waals surface area contributed by atoms with Crippen LogP contribution in [-0.4, -0.2) is 22.3 Å². The fourth-order valence-electron chi connectivity index (χ4n) is 1.14. The average Bonchev–Trinajstić information content (AvgIpc) is 2.01. The maximum absolute atomic E-state index is 5.30. The Kier molecular flexibility index (Phi) is 3.55. The molecule has 0 aromatic rings. The summed E-state index contributed by atoms with van der Waals surface area (Å²) < 4.78 is 0. The van der Waals surface area contributed by atoms with Crippen molar-refractivity contribution in [1.82, 2.24) is 5.43 Å². The van der Waals surface area contributed by atoms with Gasteiger partial charge >= 0.3 is 0 Å². The number of thiocarbonyl (C=S) groups is 1. The summed E-state index contributed by atoms with van der Waals surface area (Å²) in [6.45, 7) is 4.40. The van der Waals surface area contributed by atoms with E-state index in [-0.39, 0.29) is 10.5 Å². The highest BCUT2D eigenvalue weighted by Crippen LogP contribution is 2.31. The Morgan fingerprint density at radius 1 is 1.69 bits per heavy atom. The van der Waals surface area contributed by atoms with Gasteiger partial charge in [-0.05, 0) is 24.4 Å². The number of nitrogens with one attached hydrogen (secondary N) is 1. The number of hydrazone groups is 1. The molecule has 5 heteroatoms. The van der Waals surface area contributed by atoms with Gasteiger partial charge in [-0.15, -0.1) is 0 Å². The first-order valence-corrected chi connectivity index (χ1v) is 5.79. The number of hydrogen-bond donors (Lipinski definition) is 2. The Bertz CT molecular complexity index is 236. The molecular weight excluding hydrogens is 202 g/mol. The first-order valence-electron chi connectivity index (χ1n) is 4.22. The maximum Gasteiger partial charge on any atom is 0.184 e. The van der Waals surface area contributed by atoms with Gasteiger partial charge in [-0.25, -0.2) is 0 Å². The largest absolute Gasteiger partial charge is 0.375 e. The molecular formula is C8H15N3S2. The van der Waals surface area contributed by atoms with Crippen molar-refractivity contribution in [3.8, 4) is 0 Å². The molecule has 1 aliphatic heterocycles. The summed E-state index contributed by atoms with van der Waals surface area (Å²) in [5.74, 6) is 2.18. The van der Waals surface area contributed by atoms with Gasteiger partial charge in [0, 0.05) is 11.2 Å². The van der Waals surface area contributed by atoms with E-state index >= 15 is 0 Å². The lowest BCUT2D eigenvalue weighted by Gasteiger charge is -2.30. The third-order valence-corrected chi connectivity index (χ3v) is 3.25. The fraction of sp³-hybridized carbons (Fsp3) is 0.750. The van der Waals surface area contributed by atoms with Gasteiger partial charge in [0.05, 0.1) is 5.71 Å². The van der Waals surface area contributed by atoms with Crippen molar-refractivity contribution in [3.63, 3.8) is 0 Å². The molecule has 0 amide bonds. The molecule has 0 bridgehead atoms. The standard InChI is InChI=1S/C8H15N3S2/c1-8(2)3-4-13-5-6(8)10-11-7(9)12/h3-5H2,1-2H3,(H3,9,11,12)/b10-6+. The highest BCUT2D eigenvalue weighted by Gasteiger charge is 2.28. The molecule has 1 aliphatic rings. The summed E-state index contributed by atoms with van der Waals surface area (Å²) in [5, 5.41) is 4.45. The van der Waals surface area contributed by atoms with Crippen molar-refractivity contribution < 1.29 is 0 Å². The van der Waals surface area contributed by atoms with Crippen LogP contribution in [0, 0.1) is 5.41 Å². The van der Waals surface area contributed by atoms with Gasteiger partial charge < -0.3 is 5.73 Å². The van der Waals surface area contributed by atoms with E-state index in [2.05, 4.69) is 24.4 Å². The summed E-state index contributed by atoms with van der Waals surface area (Å²) in [5.41, 5.74) is 9.29. The SMILES string of the molecule is CC1(C)CCSC/C1=N\NC(N)=S. The van der Waals surface area contributed by atoms with Crippen molar-refractivity contribution in [1.29, 1.82) is 0 Å². The van der Waals surface area contributed by atoms with Crippen molar-refractivity contribution >= 4 is 34.8 Å². The molecule has 0 unspecified atom stereocenters. The van der Waals surface area contributed by atoms with Crippen LogP contribution in [0.5, 0.6) is 0 Å². The normalized spacial score (nSPS) is 24.3. The zero-order valence-electron chi connectivity index (χ0n) is 7.96. The second-order valence-electron chi connectivity index (χ2n) is 3.72. The highest BCUT2D eigenvalue weighted by molar-refractivity contribution is 8.00. The van der Waals surface area contributed by atoms with Gasteiger partial charge in [0.15, 0.2) is 5.11 Å². The van der Waals surface area contributed by atoms with Crippen LogP contribution in [0.4, 0.5) is 0 Å². The van der Waals surface area contributed by atoms with Crippen LogP contribution in [0.2, 0.25) is 0 Å². The van der Waals surface area contributed by atoms with E-state index in [0.29, 0.717) is 0 Å². The summed E-state index contributed by atoms with van der Waals surface area (Å²) in [6, 6.07) is 0. The number of nitrogens with two attached hydrogens (primary N) is 1. The molecule has 1 rings (SSSR count). The van der Waals surface area contributed by atoms with E-state index in [1.165, 1.54) is 5.75 Å². The predicted molar refractivity (Wildman–Crippen MR) is 63.1 cm³/mol. The van der Waals surface area contributed by atoms with Crippen molar-refractivity contribution in [3.05, 3.63) is 0 Å². The Labute approximate surface area is 88.5 Å². The number of hydrogen-bond acceptors (Lipinski definition) is 3. The lowest BCUT2D eigenvalue weighted by Crippen LogP contribution is -2.35. The molecule has 0 spiro atoms. The smallest absolute Gasteiger partial charge is 0.184 e. The summed E-state index contributed by atoms with van der Waals surface area (Å²) >= 11 is 6.59. The Balaban J connectivity index is 2.64. The van der Waals surface area contributed by atoms with Crippen LogP contribution in [0.15, 0.2) is 5.10 Å². The third-order valence-electron chi connectivity index (χ3n) is 2.19. The molecule has 13 heavy (non-hydrogen) atoms. The summed E-state index contributed by atoms with van der Waals surface area (Å²) in [4.78, 5) is 0. The molecule has 0 aromatic heterocycles. The van der Waals surface area contributed by atoms with E-state index in [0.717, 1.165) is 17.9 Å². The second-order valence-corrected chi connectivity index (χ2v) is 5.27. The van der Waals surface area contributed by atoms with Gasteiger partial charge in [-0.3, -0.25) is 5.43 Å². The van der Waals surface area contributed by atoms with E-state index in [4.69, 9.17) is 18.0 Å². The van der Waals surface area contributed by atoms with Crippen LogP contribution < -0.4 is 11.2 Å². The molecule has 0 radical (unpaired) electrons. The zero-order valence-corrected chi connectivity index (χ0v) is 9.60. The molecule has 3 N–H and O–H groups in total. The topological polar surface area (TPSA) is 50.4 Å². The Morgan fingerprint density at radius 2 is 2.38 bits per heavy atom. The van der Waals surface area contributed by atoms with Crippen LogP contribution >= 0.6 is 24.0 Å². The van der Waals surface area contributed by atoms with E-state index < -0.39 is 0 Å². The summed E-state index contributed by atoms with van der Waals surface area (Å²) in [6.07, 6.45) is 1.16. The van der Waals surface area contributed by atoms with Crippen LogP contribution in [0.25, 0.3) is 0 Å². The molecule has 1 saturated heterocycles. The molecule has 0 aromatic carbocycles. The second kappa shape index (κ2) is 4.28. The minimum atomic E-state index is 0.184. The van der Waals surface area contributed by atoms with E-state index in [1.54, 1.807) is 0 Å². The predicted octanol–water partition coefficient (Wildman–Crippen LogP) is 1.34. The maximum atomic E-state index is 5.30. The number of rotatable bonds is 1. The summed E-state index contributed by atoms with van der Waals surface area (Å²) in [7, 11) is 0. The third kappa shape index (κ3) is 3.15. The average molecular weight is 217 g/mol. The zero-order chi connectivity index (χ0) is 9.90. The van der Waals surface area contributed by atoms with Crippen molar-refractivity contribution in [2.45, 2.75) is 20.3 Å². The molecule has 0 atom stereocenters. The number of thioether (sulfide) groups is 1. The lowest BCUT2D eigenvalue weighted by atomic mass is 9.85. The Morgan fingerprint density at radius 3 is 2.92 bits per heavy atom. The van der Waals surface area contributed by atoms with E-state index in [9.17, 15) is 0 Å². The monoisotopic (exact) mass is 217 g/mol. The first-order chi connectivity index (χ1) is 6.02. The quantitative estimate of drug-likeness (QED) is 0.514. The fourth-order valence-corrected chi connectivity index (χ4v) is 2.64. The Hall–Kier alpha value is -0.290. The minimum absolute atomic E-state index is 0.184. The van der Waals surface area contributed by atoms with Crippen LogP contribution in [-0.2, 0) is 0 Å². The number of nitrogens with zero attached hydrogens (tertiary/aromatic N) is 1. The van der Waals surface area contributed by atoms with Gasteiger partial charge in [0.1, 0.15) is 0 Å². The van der Waals surface area contributed by atoms with E-state index in [1.807, 2.05) is 11.8 Å². The van der Waals surface area contributed by atoms with Crippen LogP contribution in [0.1, 0.15) is 20.3 Å². The van der Waals surface area contributed by atoms with Gasteiger partial charge in [-0.1, -0.05) is 13.8 Å². The molecule has 3 nitrogen and oxygen atoms in total. The molecule has 0 aliphatic carbocycles. The van der Waals surface area contributed by atoms with Crippen LogP contribution in [0.3, 0.4) is 0 Å². The van der Waals surface area contributed by atoms with Gasteiger partial charge in [0.2, 0.25) is 0 Å². The molecule has 1 heterocycles. The lowest BCUT2D eigenvalue weighted by molar-refractivity contribution is 0.498. The first kappa shape index (κ1) is 10.8. The highest BCUT2D eigenvalue weighted by atomic mass is 32.2. The molecule has 0 saturated carbocycles. The van der Waals surface area contributed by atoms with Crippen molar-refractivity contribution in [2.75, 3.05) is 11.5 Å². The molecule has 74 valence electrons. The van der Waals surface area contributed by atoms with Gasteiger partial charge in [-0.2, -0.15) is 16.9 Å².